The highest BCUT2D eigenvalue weighted by atomic mass is 15.0. The molecule has 0 N–H and O–H groups in total. The Hall–Kier alpha value is -6.18. The van der Waals surface area contributed by atoms with E-state index in [-0.39, 0.29) is 5.41 Å². The maximum absolute atomic E-state index is 2.50. The fourth-order valence-corrected chi connectivity index (χ4v) is 9.24. The zero-order chi connectivity index (χ0) is 33.1. The molecular formula is C49H33N. The van der Waals surface area contributed by atoms with Crippen molar-refractivity contribution in [3.63, 3.8) is 0 Å². The van der Waals surface area contributed by atoms with Crippen molar-refractivity contribution in [2.75, 3.05) is 0 Å². The van der Waals surface area contributed by atoms with Gasteiger partial charge in [0, 0.05) is 27.3 Å². The molecular weight excluding hydrogens is 603 g/mol. The molecule has 10 aromatic rings. The van der Waals surface area contributed by atoms with Crippen LogP contribution in [-0.4, -0.2) is 4.57 Å². The van der Waals surface area contributed by atoms with Crippen LogP contribution in [0.15, 0.2) is 164 Å². The summed E-state index contributed by atoms with van der Waals surface area (Å²) in [6.45, 7) is 4.75. The highest BCUT2D eigenvalue weighted by molar-refractivity contribution is 6.33. The van der Waals surface area contributed by atoms with Crippen LogP contribution in [0, 0.1) is 0 Å². The Kier molecular flexibility index (Phi) is 5.51. The number of fused-ring (bicyclic) bond motifs is 14. The predicted octanol–water partition coefficient (Wildman–Crippen LogP) is 13.4. The molecule has 0 atom stereocenters. The highest BCUT2D eigenvalue weighted by Crippen LogP contribution is 2.51. The molecule has 1 heteroatoms. The first-order chi connectivity index (χ1) is 24.6. The Morgan fingerprint density at radius 2 is 1.04 bits per heavy atom. The minimum Gasteiger partial charge on any atom is -0.309 e. The predicted molar refractivity (Wildman–Crippen MR) is 214 cm³/mol. The molecule has 50 heavy (non-hydrogen) atoms. The van der Waals surface area contributed by atoms with E-state index < -0.39 is 0 Å². The van der Waals surface area contributed by atoms with Gasteiger partial charge >= 0.3 is 0 Å². The average Bonchev–Trinajstić information content (AvgIpc) is 3.63. The van der Waals surface area contributed by atoms with Gasteiger partial charge in [-0.1, -0.05) is 147 Å². The third-order valence-electron chi connectivity index (χ3n) is 11.5. The number of hydrogen-bond acceptors (Lipinski definition) is 0. The second-order valence-electron chi connectivity index (χ2n) is 14.5. The van der Waals surface area contributed by atoms with E-state index >= 15 is 0 Å². The van der Waals surface area contributed by atoms with Crippen LogP contribution >= 0.6 is 0 Å². The fraction of sp³-hybridized carbons (Fsp3) is 0.0612. The van der Waals surface area contributed by atoms with Crippen LogP contribution < -0.4 is 0 Å². The molecule has 1 heterocycles. The minimum atomic E-state index is -0.0672. The normalized spacial score (nSPS) is 13.6. The van der Waals surface area contributed by atoms with E-state index in [0.717, 1.165) is 0 Å². The Morgan fingerprint density at radius 3 is 1.86 bits per heavy atom. The summed E-state index contributed by atoms with van der Waals surface area (Å²) in [5.74, 6) is 0. The first-order valence-electron chi connectivity index (χ1n) is 17.6. The molecule has 1 aliphatic rings. The topological polar surface area (TPSA) is 4.93 Å². The molecule has 0 saturated heterocycles. The van der Waals surface area contributed by atoms with Gasteiger partial charge in [0.1, 0.15) is 0 Å². The van der Waals surface area contributed by atoms with Gasteiger partial charge in [0.05, 0.1) is 11.0 Å². The third kappa shape index (κ3) is 3.62. The fourth-order valence-electron chi connectivity index (χ4n) is 9.24. The maximum atomic E-state index is 2.50. The van der Waals surface area contributed by atoms with Gasteiger partial charge < -0.3 is 4.57 Å². The number of aromatic nitrogens is 1. The Morgan fingerprint density at radius 1 is 0.400 bits per heavy atom. The molecule has 234 valence electrons. The van der Waals surface area contributed by atoms with Crippen LogP contribution in [0.2, 0.25) is 0 Å². The van der Waals surface area contributed by atoms with E-state index in [4.69, 9.17) is 0 Å². The SMILES string of the molecule is CC1(C)c2ccccc2-c2ccc(-c3cc4ccc5c6c7ccccc7ccc6n(-c6ccccc6)c5c4c4ccc5ccccc5c34)cc21. The lowest BCUT2D eigenvalue weighted by Crippen LogP contribution is -2.14. The third-order valence-corrected chi connectivity index (χ3v) is 11.5. The molecule has 0 amide bonds. The van der Waals surface area contributed by atoms with Crippen molar-refractivity contribution in [1.29, 1.82) is 0 Å². The van der Waals surface area contributed by atoms with Gasteiger partial charge in [-0.3, -0.25) is 0 Å². The van der Waals surface area contributed by atoms with Gasteiger partial charge in [-0.25, -0.2) is 0 Å². The quantitative estimate of drug-likeness (QED) is 0.167. The van der Waals surface area contributed by atoms with Crippen LogP contribution in [0.1, 0.15) is 25.0 Å². The number of hydrogen-bond donors (Lipinski definition) is 0. The lowest BCUT2D eigenvalue weighted by atomic mass is 9.81. The van der Waals surface area contributed by atoms with Gasteiger partial charge in [-0.15, -0.1) is 0 Å². The summed E-state index contributed by atoms with van der Waals surface area (Å²) in [4.78, 5) is 0. The van der Waals surface area contributed by atoms with E-state index in [1.54, 1.807) is 0 Å². The van der Waals surface area contributed by atoms with E-state index in [1.165, 1.54) is 104 Å². The average molecular weight is 636 g/mol. The smallest absolute Gasteiger partial charge is 0.0625 e. The molecule has 0 aliphatic heterocycles. The standard InChI is InChI=1S/C49H33N/c1-49(2)42-19-11-10-18-37(42)38-24-21-32(29-43(38)49)41-28-33-22-26-40-47-36-17-9-7-13-31(36)23-27-44(47)50(34-14-4-3-5-15-34)48(40)45(33)39-25-20-30-12-6-8-16-35(30)46(39)41/h3-29H,1-2H3. The Labute approximate surface area is 290 Å². The van der Waals surface area contributed by atoms with Gasteiger partial charge in [0.25, 0.3) is 0 Å². The second-order valence-corrected chi connectivity index (χ2v) is 14.5. The van der Waals surface area contributed by atoms with Crippen LogP contribution in [0.25, 0.3) is 92.8 Å². The molecule has 1 nitrogen and oxygen atoms in total. The summed E-state index contributed by atoms with van der Waals surface area (Å²) < 4.78 is 2.50. The van der Waals surface area contributed by atoms with Crippen molar-refractivity contribution in [3.8, 4) is 27.9 Å². The van der Waals surface area contributed by atoms with Crippen molar-refractivity contribution in [2.24, 2.45) is 0 Å². The van der Waals surface area contributed by atoms with Crippen molar-refractivity contribution in [1.82, 2.24) is 4.57 Å². The van der Waals surface area contributed by atoms with Crippen LogP contribution in [0.5, 0.6) is 0 Å². The molecule has 1 aromatic heterocycles. The van der Waals surface area contributed by atoms with Crippen molar-refractivity contribution >= 4 is 64.9 Å². The summed E-state index contributed by atoms with van der Waals surface area (Å²) in [6.07, 6.45) is 0. The number of benzene rings is 9. The molecule has 0 bridgehead atoms. The molecule has 9 aromatic carbocycles. The van der Waals surface area contributed by atoms with E-state index in [2.05, 4.69) is 182 Å². The highest BCUT2D eigenvalue weighted by Gasteiger charge is 2.35. The van der Waals surface area contributed by atoms with E-state index in [1.807, 2.05) is 0 Å². The van der Waals surface area contributed by atoms with Crippen LogP contribution in [-0.2, 0) is 5.41 Å². The number of rotatable bonds is 2. The monoisotopic (exact) mass is 635 g/mol. The van der Waals surface area contributed by atoms with Gasteiger partial charge in [0.15, 0.2) is 0 Å². The second kappa shape index (κ2) is 9.94. The van der Waals surface area contributed by atoms with Crippen LogP contribution in [0.4, 0.5) is 0 Å². The Balaban J connectivity index is 1.32. The summed E-state index contributed by atoms with van der Waals surface area (Å²) in [6, 6.07) is 61.2. The lowest BCUT2D eigenvalue weighted by molar-refractivity contribution is 0.660. The zero-order valence-corrected chi connectivity index (χ0v) is 28.0. The van der Waals surface area contributed by atoms with E-state index in [0.29, 0.717) is 0 Å². The summed E-state index contributed by atoms with van der Waals surface area (Å²) in [7, 11) is 0. The summed E-state index contributed by atoms with van der Waals surface area (Å²) in [5, 5.41) is 12.8. The molecule has 0 spiro atoms. The largest absolute Gasteiger partial charge is 0.309 e. The molecule has 0 fully saturated rings. The van der Waals surface area contributed by atoms with Crippen molar-refractivity contribution in [2.45, 2.75) is 19.3 Å². The van der Waals surface area contributed by atoms with Crippen molar-refractivity contribution in [3.05, 3.63) is 175 Å². The van der Waals surface area contributed by atoms with Crippen LogP contribution in [0.3, 0.4) is 0 Å². The van der Waals surface area contributed by atoms with Gasteiger partial charge in [0.2, 0.25) is 0 Å². The first-order valence-corrected chi connectivity index (χ1v) is 17.6. The summed E-state index contributed by atoms with van der Waals surface area (Å²) in [5.41, 5.74) is 11.7. The number of nitrogens with zero attached hydrogens (tertiary/aromatic N) is 1. The van der Waals surface area contributed by atoms with Gasteiger partial charge in [-0.2, -0.15) is 0 Å². The minimum absolute atomic E-state index is 0.0672. The maximum Gasteiger partial charge on any atom is 0.0625 e. The molecule has 11 rings (SSSR count). The molecule has 1 aliphatic carbocycles. The number of para-hydroxylation sites is 1. The summed E-state index contributed by atoms with van der Waals surface area (Å²) >= 11 is 0. The Bertz CT molecular complexity index is 3050. The molecule has 0 unspecified atom stereocenters. The lowest BCUT2D eigenvalue weighted by Gasteiger charge is -2.22. The molecule has 0 radical (unpaired) electrons. The van der Waals surface area contributed by atoms with Gasteiger partial charge in [-0.05, 0) is 101 Å². The van der Waals surface area contributed by atoms with E-state index in [9.17, 15) is 0 Å². The molecule has 0 saturated carbocycles. The zero-order valence-electron chi connectivity index (χ0n) is 28.0. The first kappa shape index (κ1) is 27.7. The van der Waals surface area contributed by atoms with Crippen molar-refractivity contribution < 1.29 is 0 Å².